The molecule has 5 nitrogen and oxygen atoms in total. The summed E-state index contributed by atoms with van der Waals surface area (Å²) in [6, 6.07) is 11.6. The molecule has 1 aliphatic heterocycles. The van der Waals surface area contributed by atoms with E-state index in [1.165, 1.54) is 24.2 Å². The monoisotopic (exact) mass is 337 g/mol. The molecule has 0 radical (unpaired) electrons. The highest BCUT2D eigenvalue weighted by Crippen LogP contribution is 2.23. The van der Waals surface area contributed by atoms with Gasteiger partial charge in [-0.1, -0.05) is 23.5 Å². The predicted molar refractivity (Wildman–Crippen MR) is 95.8 cm³/mol. The van der Waals surface area contributed by atoms with E-state index in [1.54, 1.807) is 4.40 Å². The number of furan rings is 1. The maximum absolute atomic E-state index is 12.7. The van der Waals surface area contributed by atoms with Gasteiger partial charge in [0.15, 0.2) is 10.8 Å². The molecule has 1 fully saturated rings. The summed E-state index contributed by atoms with van der Waals surface area (Å²) in [5.74, 6) is 1.60. The molecule has 4 aromatic rings. The van der Waals surface area contributed by atoms with Crippen molar-refractivity contribution in [1.82, 2.24) is 9.38 Å². The minimum atomic E-state index is -0.0391. The number of benzene rings is 1. The highest BCUT2D eigenvalue weighted by Gasteiger charge is 2.15. The largest absolute Gasteiger partial charge is 0.441 e. The Kier molecular flexibility index (Phi) is 2.99. The summed E-state index contributed by atoms with van der Waals surface area (Å²) < 4.78 is 8.22. The van der Waals surface area contributed by atoms with Gasteiger partial charge in [0.1, 0.15) is 10.3 Å². The first-order chi connectivity index (χ1) is 11.8. The average molecular weight is 337 g/mol. The van der Waals surface area contributed by atoms with Gasteiger partial charge in [0.05, 0.1) is 11.0 Å². The van der Waals surface area contributed by atoms with Gasteiger partial charge in [-0.3, -0.25) is 4.79 Å². The first kappa shape index (κ1) is 13.8. The zero-order chi connectivity index (χ0) is 16.1. The number of aromatic nitrogens is 2. The number of para-hydroxylation sites is 2. The van der Waals surface area contributed by atoms with Crippen LogP contribution < -0.4 is 15.0 Å². The molecule has 0 atom stereocenters. The smallest absolute Gasteiger partial charge is 0.275 e. The molecule has 0 unspecified atom stereocenters. The molecule has 1 saturated heterocycles. The van der Waals surface area contributed by atoms with Crippen molar-refractivity contribution >= 4 is 39.3 Å². The van der Waals surface area contributed by atoms with Crippen molar-refractivity contribution in [2.24, 2.45) is 0 Å². The first-order valence-corrected chi connectivity index (χ1v) is 8.88. The lowest BCUT2D eigenvalue weighted by Gasteiger charge is -2.12. The van der Waals surface area contributed by atoms with Crippen molar-refractivity contribution in [1.29, 1.82) is 0 Å². The third kappa shape index (κ3) is 2.06. The number of hydrogen-bond donors (Lipinski definition) is 0. The van der Waals surface area contributed by atoms with Crippen LogP contribution in [0.2, 0.25) is 0 Å². The summed E-state index contributed by atoms with van der Waals surface area (Å²) in [6.45, 7) is 2.08. The molecule has 5 rings (SSSR count). The number of rotatable bonds is 2. The van der Waals surface area contributed by atoms with Crippen LogP contribution in [0, 0.1) is 0 Å². The topological polar surface area (TPSA) is 50.8 Å². The van der Waals surface area contributed by atoms with E-state index in [9.17, 15) is 4.79 Å². The van der Waals surface area contributed by atoms with Gasteiger partial charge in [0.2, 0.25) is 0 Å². The van der Waals surface area contributed by atoms with Crippen molar-refractivity contribution in [2.75, 3.05) is 18.0 Å². The molecule has 0 saturated carbocycles. The fourth-order valence-corrected chi connectivity index (χ4v) is 4.24. The fourth-order valence-electron chi connectivity index (χ4n) is 3.27. The van der Waals surface area contributed by atoms with Crippen LogP contribution in [-0.2, 0) is 0 Å². The Morgan fingerprint density at radius 2 is 1.96 bits per heavy atom. The number of hydrogen-bond acceptors (Lipinski definition) is 5. The van der Waals surface area contributed by atoms with Crippen LogP contribution in [0.3, 0.4) is 0 Å². The van der Waals surface area contributed by atoms with E-state index in [2.05, 4.69) is 9.88 Å². The van der Waals surface area contributed by atoms with E-state index in [1.807, 2.05) is 42.5 Å². The standard InChI is InChI=1S/C18H15N3O2S/c22-17-15(11-12-7-8-16(23-12)20-9-3-4-10-20)24-18-19-13-5-1-2-6-14(13)21(17)18/h1-2,5-8,11H,3-4,9-10H2/b15-11-. The second-order valence-electron chi connectivity index (χ2n) is 6.00. The fraction of sp³-hybridized carbons (Fsp3) is 0.222. The maximum Gasteiger partial charge on any atom is 0.275 e. The quantitative estimate of drug-likeness (QED) is 0.564. The predicted octanol–water partition coefficient (Wildman–Crippen LogP) is 2.65. The molecule has 3 aromatic heterocycles. The molecule has 0 aliphatic carbocycles. The van der Waals surface area contributed by atoms with Gasteiger partial charge >= 0.3 is 0 Å². The van der Waals surface area contributed by atoms with Gasteiger partial charge in [0.25, 0.3) is 5.56 Å². The second kappa shape index (κ2) is 5.21. The molecule has 0 spiro atoms. The minimum absolute atomic E-state index is 0.0391. The number of imidazole rings is 1. The summed E-state index contributed by atoms with van der Waals surface area (Å²) in [6.07, 6.45) is 4.23. The van der Waals surface area contributed by atoms with Crippen molar-refractivity contribution < 1.29 is 4.42 Å². The molecular formula is C18H15N3O2S. The van der Waals surface area contributed by atoms with E-state index in [0.29, 0.717) is 10.3 Å². The third-order valence-electron chi connectivity index (χ3n) is 4.45. The summed E-state index contributed by atoms with van der Waals surface area (Å²) >= 11 is 1.40. The van der Waals surface area contributed by atoms with Crippen molar-refractivity contribution in [3.8, 4) is 0 Å². The maximum atomic E-state index is 12.7. The minimum Gasteiger partial charge on any atom is -0.441 e. The van der Waals surface area contributed by atoms with Gasteiger partial charge in [0, 0.05) is 25.2 Å². The lowest BCUT2D eigenvalue weighted by atomic mass is 10.3. The van der Waals surface area contributed by atoms with Crippen LogP contribution >= 0.6 is 11.3 Å². The van der Waals surface area contributed by atoms with Gasteiger partial charge in [-0.15, -0.1) is 0 Å². The van der Waals surface area contributed by atoms with Crippen molar-refractivity contribution in [3.63, 3.8) is 0 Å². The molecule has 4 heterocycles. The molecular weight excluding hydrogens is 322 g/mol. The van der Waals surface area contributed by atoms with E-state index < -0.39 is 0 Å². The van der Waals surface area contributed by atoms with Crippen LogP contribution in [0.15, 0.2) is 45.6 Å². The van der Waals surface area contributed by atoms with Crippen LogP contribution in [0.1, 0.15) is 18.6 Å². The Morgan fingerprint density at radius 1 is 1.12 bits per heavy atom. The Labute approximate surface area is 141 Å². The molecule has 24 heavy (non-hydrogen) atoms. The van der Waals surface area contributed by atoms with Crippen LogP contribution in [-0.4, -0.2) is 22.5 Å². The highest BCUT2D eigenvalue weighted by molar-refractivity contribution is 7.15. The summed E-state index contributed by atoms with van der Waals surface area (Å²) in [7, 11) is 0. The number of nitrogens with zero attached hydrogens (tertiary/aromatic N) is 3. The zero-order valence-electron chi connectivity index (χ0n) is 12.9. The summed E-state index contributed by atoms with van der Waals surface area (Å²) in [5, 5.41) is 0. The van der Waals surface area contributed by atoms with Crippen LogP contribution in [0.25, 0.3) is 22.1 Å². The average Bonchev–Trinajstić information content (AvgIpc) is 3.34. The Morgan fingerprint density at radius 3 is 2.83 bits per heavy atom. The summed E-state index contributed by atoms with van der Waals surface area (Å²) in [4.78, 5) is 20.2. The van der Waals surface area contributed by atoms with E-state index >= 15 is 0 Å². The SMILES string of the molecule is O=c1/c(=C/c2ccc(N3CCCC3)o2)sc2nc3ccccc3n12. The van der Waals surface area contributed by atoms with Gasteiger partial charge in [-0.25, -0.2) is 9.38 Å². The summed E-state index contributed by atoms with van der Waals surface area (Å²) in [5.41, 5.74) is 1.66. The second-order valence-corrected chi connectivity index (χ2v) is 7.01. The van der Waals surface area contributed by atoms with Gasteiger partial charge in [-0.2, -0.15) is 0 Å². The molecule has 1 aromatic carbocycles. The Hall–Kier alpha value is -2.60. The van der Waals surface area contributed by atoms with Gasteiger partial charge < -0.3 is 9.32 Å². The normalized spacial score (nSPS) is 16.0. The van der Waals surface area contributed by atoms with Crippen LogP contribution in [0.4, 0.5) is 5.88 Å². The van der Waals surface area contributed by atoms with Gasteiger partial charge in [-0.05, 0) is 31.0 Å². The number of fused-ring (bicyclic) bond motifs is 3. The van der Waals surface area contributed by atoms with Crippen molar-refractivity contribution in [2.45, 2.75) is 12.8 Å². The highest BCUT2D eigenvalue weighted by atomic mass is 32.1. The molecule has 1 aliphatic rings. The Bertz CT molecular complexity index is 1150. The lowest BCUT2D eigenvalue weighted by molar-refractivity contribution is 0.547. The third-order valence-corrected chi connectivity index (χ3v) is 5.42. The number of anilines is 1. The van der Waals surface area contributed by atoms with E-state index in [-0.39, 0.29) is 5.56 Å². The lowest BCUT2D eigenvalue weighted by Crippen LogP contribution is -2.22. The zero-order valence-corrected chi connectivity index (χ0v) is 13.8. The molecule has 6 heteroatoms. The Balaban J connectivity index is 1.62. The van der Waals surface area contributed by atoms with E-state index in [4.69, 9.17) is 4.42 Å². The number of thiazole rings is 1. The van der Waals surface area contributed by atoms with E-state index in [0.717, 1.165) is 35.0 Å². The molecule has 0 amide bonds. The van der Waals surface area contributed by atoms with Crippen LogP contribution in [0.5, 0.6) is 0 Å². The first-order valence-electron chi connectivity index (χ1n) is 8.06. The molecule has 0 bridgehead atoms. The van der Waals surface area contributed by atoms with Crippen molar-refractivity contribution in [3.05, 3.63) is 57.0 Å². The molecule has 120 valence electrons. The molecule has 0 N–H and O–H groups in total.